The molecular formula is C53H65N3O13SSi. The fourth-order valence-corrected chi connectivity index (χ4v) is 10.1. The molecule has 0 amide bonds. The molecule has 0 N–H and O–H groups in total. The lowest BCUT2D eigenvalue weighted by Crippen LogP contribution is -2.66. The van der Waals surface area contributed by atoms with Gasteiger partial charge in [-0.2, -0.15) is 0 Å². The van der Waals surface area contributed by atoms with Crippen molar-refractivity contribution >= 4 is 43.8 Å². The first-order valence-electron chi connectivity index (χ1n) is 23.7. The van der Waals surface area contributed by atoms with Crippen LogP contribution in [0.25, 0.3) is 10.4 Å². The lowest BCUT2D eigenvalue weighted by molar-refractivity contribution is -0.321. The van der Waals surface area contributed by atoms with E-state index in [4.69, 9.17) is 42.3 Å². The number of hydrogen-bond acceptors (Lipinski definition) is 15. The van der Waals surface area contributed by atoms with E-state index >= 15 is 0 Å². The molecule has 2 saturated heterocycles. The lowest BCUT2D eigenvalue weighted by atomic mass is 9.95. The number of azide groups is 1. The second kappa shape index (κ2) is 25.8. The Labute approximate surface area is 421 Å². The highest BCUT2D eigenvalue weighted by Crippen LogP contribution is 2.43. The Balaban J connectivity index is 1.49. The number of carbonyl (C=O) groups is 4. The largest absolute Gasteiger partial charge is 0.463 e. The topological polar surface area (TPSA) is 200 Å². The molecule has 2 aliphatic rings. The van der Waals surface area contributed by atoms with Crippen LogP contribution in [0, 0.1) is 6.92 Å². The van der Waals surface area contributed by atoms with Gasteiger partial charge < -0.3 is 47.1 Å². The number of Topliss-reactive ketones (excluding diaryl/α,β-unsaturated/α-hetero) is 1. The molecule has 71 heavy (non-hydrogen) atoms. The molecule has 4 aromatic carbocycles. The highest BCUT2D eigenvalue weighted by Gasteiger charge is 2.56. The van der Waals surface area contributed by atoms with Crippen molar-refractivity contribution in [2.75, 3.05) is 13.2 Å². The molecular weight excluding hydrogens is 947 g/mol. The van der Waals surface area contributed by atoms with Gasteiger partial charge in [0.25, 0.3) is 0 Å². The van der Waals surface area contributed by atoms with Crippen LogP contribution in [0.5, 0.6) is 0 Å². The second-order valence-corrected chi connectivity index (χ2v) is 25.0. The van der Waals surface area contributed by atoms with Gasteiger partial charge >= 0.3 is 17.9 Å². The summed E-state index contributed by atoms with van der Waals surface area (Å²) in [6.45, 7) is 14.4. The normalized spacial score (nSPS) is 24.5. The van der Waals surface area contributed by atoms with Crippen molar-refractivity contribution in [2.24, 2.45) is 5.11 Å². The highest BCUT2D eigenvalue weighted by atomic mass is 32.2. The van der Waals surface area contributed by atoms with Crippen molar-refractivity contribution in [3.05, 3.63) is 148 Å². The van der Waals surface area contributed by atoms with E-state index in [1.807, 2.05) is 91.9 Å². The molecule has 0 unspecified atom stereocenters. The third kappa shape index (κ3) is 15.8. The first kappa shape index (κ1) is 54.9. The van der Waals surface area contributed by atoms with Crippen molar-refractivity contribution in [1.82, 2.24) is 0 Å². The molecule has 0 aliphatic carbocycles. The monoisotopic (exact) mass is 1010 g/mol. The Hall–Kier alpha value is -5.40. The van der Waals surface area contributed by atoms with Gasteiger partial charge in [0.1, 0.15) is 61.0 Å². The van der Waals surface area contributed by atoms with E-state index in [9.17, 15) is 24.7 Å². The van der Waals surface area contributed by atoms with Crippen molar-refractivity contribution in [3.63, 3.8) is 0 Å². The molecule has 0 spiro atoms. The summed E-state index contributed by atoms with van der Waals surface area (Å²) >= 11 is 1.28. The number of benzene rings is 4. The fraction of sp³-hybridized carbons (Fsp3) is 0.472. The summed E-state index contributed by atoms with van der Waals surface area (Å²) in [5.74, 6) is -2.09. The third-order valence-corrected chi connectivity index (χ3v) is 18.2. The smallest absolute Gasteiger partial charge is 0.338 e. The van der Waals surface area contributed by atoms with Gasteiger partial charge in [-0.25, -0.2) is 4.79 Å². The maximum atomic E-state index is 14.2. The number of aryl methyl sites for hydroxylation is 1. The maximum absolute atomic E-state index is 14.2. The number of thioether (sulfide) groups is 1. The Morgan fingerprint density at radius 3 is 1.83 bits per heavy atom. The Bertz CT molecular complexity index is 2410. The molecule has 0 bridgehead atoms. The maximum Gasteiger partial charge on any atom is 0.338 e. The van der Waals surface area contributed by atoms with E-state index in [0.717, 1.165) is 21.6 Å². The predicted molar refractivity (Wildman–Crippen MR) is 267 cm³/mol. The number of esters is 3. The zero-order chi connectivity index (χ0) is 51.1. The van der Waals surface area contributed by atoms with Crippen LogP contribution in [0.3, 0.4) is 0 Å². The zero-order valence-corrected chi connectivity index (χ0v) is 43.4. The van der Waals surface area contributed by atoms with Crippen molar-refractivity contribution in [2.45, 2.75) is 151 Å². The van der Waals surface area contributed by atoms with Crippen LogP contribution >= 0.6 is 11.8 Å². The molecule has 0 saturated carbocycles. The quantitative estimate of drug-likeness (QED) is 0.0180. The minimum absolute atomic E-state index is 0.00338. The molecule has 2 aliphatic heterocycles. The zero-order valence-electron chi connectivity index (χ0n) is 41.5. The van der Waals surface area contributed by atoms with Crippen LogP contribution in [0.2, 0.25) is 18.1 Å². The summed E-state index contributed by atoms with van der Waals surface area (Å²) in [6.07, 6.45) is -9.67. The molecule has 2 fully saturated rings. The Morgan fingerprint density at radius 2 is 1.27 bits per heavy atom. The van der Waals surface area contributed by atoms with E-state index in [0.29, 0.717) is 0 Å². The number of hydrogen-bond donors (Lipinski definition) is 0. The minimum atomic E-state index is -2.69. The van der Waals surface area contributed by atoms with Gasteiger partial charge in [-0.15, -0.1) is 0 Å². The molecule has 10 atom stereocenters. The Kier molecular flexibility index (Phi) is 20.0. The molecule has 4 aromatic rings. The Morgan fingerprint density at radius 1 is 0.704 bits per heavy atom. The SMILES string of the molecule is CC(=O)CCC(=O)OC[C@H]1O[C@@H](Sc2ccc(C)cc2)[C@H](OC(=O)c2ccccc2)[C@@H](OCc2ccccc2)[C@@H]1O[C@H]1O[C@H](COC(C)=O)[C@@H](O[Si](C)(C)C(C)(C)C)[C@H](OCc2ccccc2)[C@H]1N=[N+]=[N-]. The van der Waals surface area contributed by atoms with Gasteiger partial charge in [0.2, 0.25) is 0 Å². The fourth-order valence-electron chi connectivity index (χ4n) is 7.69. The van der Waals surface area contributed by atoms with Gasteiger partial charge in [-0.3, -0.25) is 9.59 Å². The summed E-state index contributed by atoms with van der Waals surface area (Å²) in [4.78, 5) is 56.0. The summed E-state index contributed by atoms with van der Waals surface area (Å²) in [7, 11) is -2.69. The van der Waals surface area contributed by atoms with E-state index < -0.39 is 93.3 Å². The highest BCUT2D eigenvalue weighted by molar-refractivity contribution is 7.99. The standard InChI is InChI=1S/C53H65N3O13SSi/c1-34-24-27-40(28-25-34)70-52-49(67-50(60)39-22-16-11-17-23-39)48(64-31-38-20-14-10-15-21-38)45(41(66-52)33-62-43(59)29-26-35(2)57)68-51-44(55-56-54)47(63-30-37-18-12-9-13-19-37)46(42(65-51)32-61-36(3)58)69-71(7,8)53(4,5)6/h9-25,27-28,41-42,44-49,51-52H,26,29-33H2,1-8H3/t41-,42-,44-,45-,46-,47-,48+,49-,51-,52+/m1/s1. The molecule has 0 radical (unpaired) electrons. The van der Waals surface area contributed by atoms with Crippen LogP contribution in [0.4, 0.5) is 0 Å². The van der Waals surface area contributed by atoms with Gasteiger partial charge in [0.15, 0.2) is 20.7 Å². The number of ketones is 1. The summed E-state index contributed by atoms with van der Waals surface area (Å²) in [5, 5.41) is 3.98. The van der Waals surface area contributed by atoms with Crippen LogP contribution in [-0.2, 0) is 69.9 Å². The second-order valence-electron chi connectivity index (χ2n) is 19.1. The summed E-state index contributed by atoms with van der Waals surface area (Å²) in [6, 6.07) is 33.7. The third-order valence-electron chi connectivity index (χ3n) is 12.6. The average molecular weight is 1010 g/mol. The molecule has 6 rings (SSSR count). The van der Waals surface area contributed by atoms with Crippen LogP contribution in [0.1, 0.15) is 74.5 Å². The first-order valence-corrected chi connectivity index (χ1v) is 27.5. The van der Waals surface area contributed by atoms with E-state index in [1.54, 1.807) is 30.3 Å². The van der Waals surface area contributed by atoms with Crippen LogP contribution in [-0.4, -0.2) is 106 Å². The molecule has 2 heterocycles. The van der Waals surface area contributed by atoms with Crippen LogP contribution in [0.15, 0.2) is 125 Å². The molecule has 16 nitrogen and oxygen atoms in total. The predicted octanol–water partition coefficient (Wildman–Crippen LogP) is 9.86. The van der Waals surface area contributed by atoms with Gasteiger partial charge in [0.05, 0.1) is 31.3 Å². The summed E-state index contributed by atoms with van der Waals surface area (Å²) < 4.78 is 59.5. The van der Waals surface area contributed by atoms with Crippen molar-refractivity contribution in [3.8, 4) is 0 Å². The average Bonchev–Trinajstić information content (AvgIpc) is 3.34. The van der Waals surface area contributed by atoms with Gasteiger partial charge in [-0.1, -0.05) is 134 Å². The molecule has 0 aromatic heterocycles. The van der Waals surface area contributed by atoms with E-state index in [-0.39, 0.29) is 49.0 Å². The number of rotatable bonds is 22. The van der Waals surface area contributed by atoms with Gasteiger partial charge in [0, 0.05) is 23.2 Å². The first-order chi connectivity index (χ1) is 33.9. The van der Waals surface area contributed by atoms with E-state index in [1.165, 1.54) is 25.6 Å². The number of carbonyl (C=O) groups excluding carboxylic acids is 4. The summed E-state index contributed by atoms with van der Waals surface area (Å²) in [5.41, 5.74) is 12.2. The van der Waals surface area contributed by atoms with Crippen molar-refractivity contribution in [1.29, 1.82) is 0 Å². The van der Waals surface area contributed by atoms with Gasteiger partial charge in [-0.05, 0) is 72.9 Å². The molecule has 380 valence electrons. The molecule has 18 heteroatoms. The van der Waals surface area contributed by atoms with E-state index in [2.05, 4.69) is 43.9 Å². The number of nitrogens with zero attached hydrogens (tertiary/aromatic N) is 3. The van der Waals surface area contributed by atoms with Crippen LogP contribution < -0.4 is 0 Å². The minimum Gasteiger partial charge on any atom is -0.463 e. The lowest BCUT2D eigenvalue weighted by Gasteiger charge is -2.51. The van der Waals surface area contributed by atoms with Crippen molar-refractivity contribution < 1.29 is 61.5 Å². The number of ether oxygens (including phenoxy) is 8.